The first-order chi connectivity index (χ1) is 9.06. The molecule has 0 radical (unpaired) electrons. The third-order valence-electron chi connectivity index (χ3n) is 2.51. The Morgan fingerprint density at radius 3 is 2.11 bits per heavy atom. The van der Waals surface area contributed by atoms with Gasteiger partial charge in [-0.1, -0.05) is 23.8 Å². The van der Waals surface area contributed by atoms with Gasteiger partial charge in [-0.3, -0.25) is 0 Å². The number of para-hydroxylation sites is 1. The highest BCUT2D eigenvalue weighted by molar-refractivity contribution is 5.99. The van der Waals surface area contributed by atoms with Crippen molar-refractivity contribution in [3.8, 4) is 0 Å². The topological polar surface area (TPSA) is 41.1 Å². The van der Waals surface area contributed by atoms with Crippen molar-refractivity contribution in [3.05, 3.63) is 59.7 Å². The Morgan fingerprint density at radius 2 is 1.53 bits per heavy atom. The summed E-state index contributed by atoms with van der Waals surface area (Å²) in [7, 11) is 0. The van der Waals surface area contributed by atoms with Gasteiger partial charge in [-0.15, -0.1) is 0 Å². The number of halogens is 2. The average molecular weight is 262 g/mol. The quantitative estimate of drug-likeness (QED) is 0.846. The van der Waals surface area contributed by atoms with Crippen LogP contribution in [0.15, 0.2) is 42.5 Å². The van der Waals surface area contributed by atoms with Crippen molar-refractivity contribution in [2.75, 3.05) is 10.6 Å². The number of urea groups is 1. The van der Waals surface area contributed by atoms with Gasteiger partial charge in [0.25, 0.3) is 0 Å². The Balaban J connectivity index is 2.07. The van der Waals surface area contributed by atoms with Crippen LogP contribution in [0, 0.1) is 18.6 Å². The molecule has 0 fully saturated rings. The third-order valence-corrected chi connectivity index (χ3v) is 2.51. The Kier molecular flexibility index (Phi) is 3.75. The molecule has 2 N–H and O–H groups in total. The number of carbonyl (C=O) groups excluding carboxylic acids is 1. The van der Waals surface area contributed by atoms with Crippen molar-refractivity contribution in [1.82, 2.24) is 0 Å². The molecule has 0 atom stereocenters. The van der Waals surface area contributed by atoms with Crippen LogP contribution in [-0.2, 0) is 0 Å². The normalized spacial score (nSPS) is 10.1. The molecule has 0 aromatic heterocycles. The average Bonchev–Trinajstić information content (AvgIpc) is 2.37. The van der Waals surface area contributed by atoms with Crippen molar-refractivity contribution >= 4 is 17.4 Å². The van der Waals surface area contributed by atoms with Gasteiger partial charge in [-0.25, -0.2) is 13.6 Å². The molecule has 19 heavy (non-hydrogen) atoms. The van der Waals surface area contributed by atoms with Gasteiger partial charge in [-0.05, 0) is 31.2 Å². The first kappa shape index (κ1) is 13.0. The van der Waals surface area contributed by atoms with Crippen LogP contribution in [0.1, 0.15) is 5.56 Å². The molecule has 3 nitrogen and oxygen atoms in total. The molecule has 2 rings (SSSR count). The molecule has 2 aromatic carbocycles. The van der Waals surface area contributed by atoms with Gasteiger partial charge in [0.15, 0.2) is 0 Å². The van der Waals surface area contributed by atoms with Gasteiger partial charge in [0, 0.05) is 5.69 Å². The smallest absolute Gasteiger partial charge is 0.308 e. The fraction of sp³-hybridized carbons (Fsp3) is 0.0714. The molecule has 0 aliphatic carbocycles. The molecule has 98 valence electrons. The summed E-state index contributed by atoms with van der Waals surface area (Å²) in [5.74, 6) is -1.64. The maximum absolute atomic E-state index is 13.3. The molecule has 2 amide bonds. The van der Waals surface area contributed by atoms with Gasteiger partial charge < -0.3 is 10.6 Å². The number of anilines is 2. The van der Waals surface area contributed by atoms with Crippen molar-refractivity contribution < 1.29 is 13.6 Å². The fourth-order valence-electron chi connectivity index (χ4n) is 1.53. The number of aryl methyl sites for hydroxylation is 1. The van der Waals surface area contributed by atoms with Crippen LogP contribution in [0.5, 0.6) is 0 Å². The molecule has 5 heteroatoms. The molecule has 0 unspecified atom stereocenters. The van der Waals surface area contributed by atoms with Gasteiger partial charge in [-0.2, -0.15) is 0 Å². The lowest BCUT2D eigenvalue weighted by atomic mass is 10.2. The van der Waals surface area contributed by atoms with Crippen LogP contribution in [0.3, 0.4) is 0 Å². The summed E-state index contributed by atoms with van der Waals surface area (Å²) in [6.07, 6.45) is 0. The van der Waals surface area contributed by atoms with Gasteiger partial charge in [0.05, 0.1) is 0 Å². The second-order valence-corrected chi connectivity index (χ2v) is 4.04. The van der Waals surface area contributed by atoms with E-state index >= 15 is 0 Å². The summed E-state index contributed by atoms with van der Waals surface area (Å²) in [6.45, 7) is 1.92. The summed E-state index contributed by atoms with van der Waals surface area (Å²) < 4.78 is 26.6. The van der Waals surface area contributed by atoms with E-state index in [0.717, 1.165) is 17.7 Å². The molecule has 0 aliphatic heterocycles. The number of rotatable bonds is 2. The molecule has 0 aliphatic rings. The van der Waals surface area contributed by atoms with Crippen LogP contribution >= 0.6 is 0 Å². The van der Waals surface area contributed by atoms with Gasteiger partial charge in [0.1, 0.15) is 17.3 Å². The summed E-state index contributed by atoms with van der Waals surface area (Å²) in [5.41, 5.74) is 1.12. The highest BCUT2D eigenvalue weighted by Gasteiger charge is 2.11. The number of benzene rings is 2. The number of nitrogens with one attached hydrogen (secondary N) is 2. The molecule has 0 bridgehead atoms. The van der Waals surface area contributed by atoms with Crippen molar-refractivity contribution in [3.63, 3.8) is 0 Å². The molecule has 2 aromatic rings. The monoisotopic (exact) mass is 262 g/mol. The minimum absolute atomic E-state index is 0.466. The maximum atomic E-state index is 13.3. The lowest BCUT2D eigenvalue weighted by Gasteiger charge is -2.09. The molecule has 0 saturated carbocycles. The van der Waals surface area contributed by atoms with E-state index in [2.05, 4.69) is 10.6 Å². The van der Waals surface area contributed by atoms with E-state index in [1.165, 1.54) is 6.07 Å². The van der Waals surface area contributed by atoms with Crippen molar-refractivity contribution in [2.45, 2.75) is 6.92 Å². The summed E-state index contributed by atoms with van der Waals surface area (Å²) in [6, 6.07) is 9.72. The first-order valence-electron chi connectivity index (χ1n) is 5.65. The molecule has 0 spiro atoms. The molecule has 0 heterocycles. The predicted molar refractivity (Wildman–Crippen MR) is 70.2 cm³/mol. The Morgan fingerprint density at radius 1 is 0.947 bits per heavy atom. The summed E-state index contributed by atoms with van der Waals surface area (Å²) >= 11 is 0. The maximum Gasteiger partial charge on any atom is 0.323 e. The van der Waals surface area contributed by atoms with Crippen LogP contribution in [0.2, 0.25) is 0 Å². The van der Waals surface area contributed by atoms with Crippen LogP contribution in [-0.4, -0.2) is 6.03 Å². The highest BCUT2D eigenvalue weighted by Crippen LogP contribution is 2.18. The second-order valence-electron chi connectivity index (χ2n) is 4.04. The lowest BCUT2D eigenvalue weighted by molar-refractivity contribution is 0.262. The number of carbonyl (C=O) groups is 1. The van der Waals surface area contributed by atoms with Crippen molar-refractivity contribution in [1.29, 1.82) is 0 Å². The second kappa shape index (κ2) is 5.48. The number of hydrogen-bond acceptors (Lipinski definition) is 1. The molecule has 0 saturated heterocycles. The predicted octanol–water partition coefficient (Wildman–Crippen LogP) is 3.92. The van der Waals surface area contributed by atoms with E-state index in [1.807, 2.05) is 19.1 Å². The SMILES string of the molecule is Cc1ccc(NC(=O)Nc2c(F)cccc2F)cc1. The number of hydrogen-bond donors (Lipinski definition) is 2. The summed E-state index contributed by atoms with van der Waals surface area (Å²) in [5, 5.41) is 4.63. The minimum atomic E-state index is -0.820. The van der Waals surface area contributed by atoms with Crippen LogP contribution in [0.25, 0.3) is 0 Å². The van der Waals surface area contributed by atoms with Crippen molar-refractivity contribution in [2.24, 2.45) is 0 Å². The van der Waals surface area contributed by atoms with E-state index < -0.39 is 23.4 Å². The summed E-state index contributed by atoms with van der Waals surface area (Å²) in [4.78, 5) is 11.6. The fourth-order valence-corrected chi connectivity index (χ4v) is 1.53. The van der Waals surface area contributed by atoms with Crippen LogP contribution < -0.4 is 10.6 Å². The van der Waals surface area contributed by atoms with E-state index in [0.29, 0.717) is 5.69 Å². The Bertz CT molecular complexity index is 577. The zero-order valence-corrected chi connectivity index (χ0v) is 10.2. The van der Waals surface area contributed by atoms with E-state index in [4.69, 9.17) is 0 Å². The lowest BCUT2D eigenvalue weighted by Crippen LogP contribution is -2.20. The highest BCUT2D eigenvalue weighted by atomic mass is 19.1. The third kappa shape index (κ3) is 3.28. The largest absolute Gasteiger partial charge is 0.323 e. The van der Waals surface area contributed by atoms with E-state index in [-0.39, 0.29) is 0 Å². The van der Waals surface area contributed by atoms with E-state index in [1.54, 1.807) is 12.1 Å². The number of amides is 2. The Labute approximate surface area is 109 Å². The molecular weight excluding hydrogens is 250 g/mol. The first-order valence-corrected chi connectivity index (χ1v) is 5.65. The zero-order chi connectivity index (χ0) is 13.8. The molecular formula is C14H12F2N2O. The van der Waals surface area contributed by atoms with Gasteiger partial charge >= 0.3 is 6.03 Å². The minimum Gasteiger partial charge on any atom is -0.308 e. The van der Waals surface area contributed by atoms with E-state index in [9.17, 15) is 13.6 Å². The zero-order valence-electron chi connectivity index (χ0n) is 10.2. The Hall–Kier alpha value is -2.43. The standard InChI is InChI=1S/C14H12F2N2O/c1-9-5-7-10(8-6-9)17-14(19)18-13-11(15)3-2-4-12(13)16/h2-8H,1H3,(H2,17,18,19). The van der Waals surface area contributed by atoms with Crippen LogP contribution in [0.4, 0.5) is 25.0 Å². The van der Waals surface area contributed by atoms with Gasteiger partial charge in [0.2, 0.25) is 0 Å².